The molecule has 1 N–H and O–H groups in total. The van der Waals surface area contributed by atoms with Gasteiger partial charge in [0.15, 0.2) is 0 Å². The van der Waals surface area contributed by atoms with E-state index in [0.29, 0.717) is 20.2 Å². The highest BCUT2D eigenvalue weighted by Crippen LogP contribution is 2.32. The van der Waals surface area contributed by atoms with Crippen LogP contribution in [0.25, 0.3) is 0 Å². The predicted octanol–water partition coefficient (Wildman–Crippen LogP) is 5.10. The number of carbonyl (C=O) groups is 1. The van der Waals surface area contributed by atoms with E-state index in [1.165, 1.54) is 0 Å². The Kier molecular flexibility index (Phi) is 4.69. The lowest BCUT2D eigenvalue weighted by atomic mass is 10.2. The molecular weight excluding hydrogens is 329 g/mol. The fraction of sp³-hybridized carbons (Fsp3) is 0.364. The van der Waals surface area contributed by atoms with E-state index in [1.54, 1.807) is 32.9 Å². The van der Waals surface area contributed by atoms with Gasteiger partial charge in [-0.15, -0.1) is 0 Å². The number of carbonyl (C=O) groups excluding carboxylic acids is 1. The van der Waals surface area contributed by atoms with Gasteiger partial charge in [0.05, 0.1) is 15.7 Å². The van der Waals surface area contributed by atoms with Gasteiger partial charge in [-0.3, -0.25) is 5.32 Å². The molecule has 0 aliphatic carbocycles. The number of anilines is 1. The van der Waals surface area contributed by atoms with Crippen molar-refractivity contribution in [3.8, 4) is 0 Å². The number of hydrogen-bond acceptors (Lipinski definition) is 2. The molecule has 17 heavy (non-hydrogen) atoms. The van der Waals surface area contributed by atoms with Crippen molar-refractivity contribution in [2.45, 2.75) is 26.4 Å². The van der Waals surface area contributed by atoms with Crippen LogP contribution in [0.5, 0.6) is 0 Å². The monoisotopic (exact) mass is 339 g/mol. The molecule has 1 rings (SSSR count). The van der Waals surface area contributed by atoms with E-state index >= 15 is 0 Å². The number of nitrogens with one attached hydrogen (secondary N) is 1. The van der Waals surface area contributed by atoms with E-state index in [4.69, 9.17) is 27.9 Å². The first-order chi connectivity index (χ1) is 7.69. The smallest absolute Gasteiger partial charge is 0.412 e. The number of ether oxygens (including phenoxy) is 1. The number of rotatable bonds is 1. The van der Waals surface area contributed by atoms with Gasteiger partial charge in [-0.25, -0.2) is 4.79 Å². The van der Waals surface area contributed by atoms with Crippen LogP contribution in [0.3, 0.4) is 0 Å². The van der Waals surface area contributed by atoms with E-state index in [-0.39, 0.29) is 0 Å². The molecule has 6 heteroatoms. The Morgan fingerprint density at radius 1 is 1.29 bits per heavy atom. The van der Waals surface area contributed by atoms with Crippen molar-refractivity contribution in [3.05, 3.63) is 26.7 Å². The Hall–Kier alpha value is -0.450. The molecule has 0 radical (unpaired) electrons. The number of amides is 1. The minimum absolute atomic E-state index is 0.382. The largest absolute Gasteiger partial charge is 0.444 e. The second-order valence-electron chi connectivity index (χ2n) is 4.37. The lowest BCUT2D eigenvalue weighted by Crippen LogP contribution is -2.27. The van der Waals surface area contributed by atoms with Crippen LogP contribution in [0.2, 0.25) is 10.0 Å². The molecule has 0 bridgehead atoms. The third-order valence-corrected chi connectivity index (χ3v) is 3.16. The number of halogens is 3. The van der Waals surface area contributed by atoms with Crippen LogP contribution in [0.15, 0.2) is 16.6 Å². The Balaban J connectivity index is 2.82. The normalized spacial score (nSPS) is 11.2. The summed E-state index contributed by atoms with van der Waals surface area (Å²) in [7, 11) is 0. The highest BCUT2D eigenvalue weighted by Gasteiger charge is 2.17. The van der Waals surface area contributed by atoms with E-state index in [0.717, 1.165) is 0 Å². The molecule has 0 aliphatic heterocycles. The van der Waals surface area contributed by atoms with Crippen LogP contribution in [0.1, 0.15) is 20.8 Å². The summed E-state index contributed by atoms with van der Waals surface area (Å²) in [4.78, 5) is 11.5. The summed E-state index contributed by atoms with van der Waals surface area (Å²) < 4.78 is 5.77. The molecular formula is C11H12BrCl2NO2. The molecule has 1 amide bonds. The van der Waals surface area contributed by atoms with Crippen molar-refractivity contribution in [1.82, 2.24) is 0 Å². The van der Waals surface area contributed by atoms with Crippen LogP contribution in [0.4, 0.5) is 10.5 Å². The van der Waals surface area contributed by atoms with Gasteiger partial charge in [-0.1, -0.05) is 23.2 Å². The van der Waals surface area contributed by atoms with Gasteiger partial charge in [0.25, 0.3) is 0 Å². The Bertz CT molecular complexity index is 444. The Morgan fingerprint density at radius 2 is 1.88 bits per heavy atom. The standard InChI is InChI=1S/C11H12BrCl2NO2/c1-11(2,3)17-10(16)15-9-5-7(13)6(12)4-8(9)14/h4-5H,1-3H3,(H,15,16). The summed E-state index contributed by atoms with van der Waals surface area (Å²) in [6, 6.07) is 3.16. The molecule has 0 atom stereocenters. The maximum absolute atomic E-state index is 11.5. The summed E-state index contributed by atoms with van der Waals surface area (Å²) in [6.07, 6.45) is -0.571. The first kappa shape index (κ1) is 14.6. The fourth-order valence-electron chi connectivity index (χ4n) is 1.03. The van der Waals surface area contributed by atoms with Crippen molar-refractivity contribution in [1.29, 1.82) is 0 Å². The molecule has 0 unspecified atom stereocenters. The second-order valence-corrected chi connectivity index (χ2v) is 6.04. The molecule has 0 heterocycles. The van der Waals surface area contributed by atoms with Crippen molar-refractivity contribution < 1.29 is 9.53 Å². The molecule has 1 aromatic carbocycles. The number of hydrogen-bond donors (Lipinski definition) is 1. The molecule has 0 fully saturated rings. The summed E-state index contributed by atoms with van der Waals surface area (Å²) in [5.74, 6) is 0. The van der Waals surface area contributed by atoms with Crippen LogP contribution in [-0.4, -0.2) is 11.7 Å². The Morgan fingerprint density at radius 3 is 2.41 bits per heavy atom. The maximum Gasteiger partial charge on any atom is 0.412 e. The quantitative estimate of drug-likeness (QED) is 0.722. The maximum atomic E-state index is 11.5. The molecule has 94 valence electrons. The summed E-state index contributed by atoms with van der Waals surface area (Å²) in [6.45, 7) is 5.34. The summed E-state index contributed by atoms with van der Waals surface area (Å²) in [5, 5.41) is 3.38. The first-order valence-corrected chi connectivity index (χ1v) is 6.38. The number of benzene rings is 1. The van der Waals surface area contributed by atoms with Gasteiger partial charge in [0.2, 0.25) is 0 Å². The molecule has 0 saturated heterocycles. The SMILES string of the molecule is CC(C)(C)OC(=O)Nc1cc(Cl)c(Br)cc1Cl. The lowest BCUT2D eigenvalue weighted by molar-refractivity contribution is 0.0636. The van der Waals surface area contributed by atoms with E-state index in [9.17, 15) is 4.79 Å². The molecule has 0 aromatic heterocycles. The van der Waals surface area contributed by atoms with Crippen molar-refractivity contribution >= 4 is 50.9 Å². The van der Waals surface area contributed by atoms with Crippen LogP contribution >= 0.6 is 39.1 Å². The van der Waals surface area contributed by atoms with Gasteiger partial charge < -0.3 is 4.74 Å². The summed E-state index contributed by atoms with van der Waals surface area (Å²) in [5.41, 5.74) is -0.149. The highest BCUT2D eigenvalue weighted by molar-refractivity contribution is 9.10. The predicted molar refractivity (Wildman–Crippen MR) is 74.0 cm³/mol. The average Bonchev–Trinajstić information content (AvgIpc) is 2.11. The van der Waals surface area contributed by atoms with E-state index in [2.05, 4.69) is 21.2 Å². The first-order valence-electron chi connectivity index (χ1n) is 4.83. The third-order valence-electron chi connectivity index (χ3n) is 1.65. The van der Waals surface area contributed by atoms with Gasteiger partial charge in [0.1, 0.15) is 5.60 Å². The van der Waals surface area contributed by atoms with Crippen molar-refractivity contribution in [2.24, 2.45) is 0 Å². The molecule has 0 aliphatic rings. The zero-order valence-electron chi connectivity index (χ0n) is 9.61. The minimum atomic E-state index is -0.571. The van der Waals surface area contributed by atoms with E-state index < -0.39 is 11.7 Å². The van der Waals surface area contributed by atoms with Gasteiger partial charge in [0, 0.05) is 4.47 Å². The van der Waals surface area contributed by atoms with Crippen molar-refractivity contribution in [2.75, 3.05) is 5.32 Å². The third kappa shape index (κ3) is 4.74. The van der Waals surface area contributed by atoms with Crippen LogP contribution < -0.4 is 5.32 Å². The zero-order valence-corrected chi connectivity index (χ0v) is 12.7. The molecule has 0 spiro atoms. The van der Waals surface area contributed by atoms with E-state index in [1.807, 2.05) is 0 Å². The fourth-order valence-corrected chi connectivity index (χ4v) is 1.88. The molecule has 1 aromatic rings. The minimum Gasteiger partial charge on any atom is -0.444 e. The molecule has 0 saturated carbocycles. The van der Waals surface area contributed by atoms with Gasteiger partial charge in [-0.05, 0) is 48.8 Å². The Labute approximate surface area is 119 Å². The van der Waals surface area contributed by atoms with Gasteiger partial charge >= 0.3 is 6.09 Å². The second kappa shape index (κ2) is 5.46. The van der Waals surface area contributed by atoms with Crippen LogP contribution in [0, 0.1) is 0 Å². The molecule has 3 nitrogen and oxygen atoms in total. The summed E-state index contributed by atoms with van der Waals surface area (Å²) >= 11 is 15.1. The average molecular weight is 341 g/mol. The highest BCUT2D eigenvalue weighted by atomic mass is 79.9. The lowest BCUT2D eigenvalue weighted by Gasteiger charge is -2.20. The topological polar surface area (TPSA) is 38.3 Å². The van der Waals surface area contributed by atoms with Crippen molar-refractivity contribution in [3.63, 3.8) is 0 Å². The van der Waals surface area contributed by atoms with Crippen LogP contribution in [-0.2, 0) is 4.74 Å². The zero-order chi connectivity index (χ0) is 13.2. The van der Waals surface area contributed by atoms with Gasteiger partial charge in [-0.2, -0.15) is 0 Å².